The van der Waals surface area contributed by atoms with Gasteiger partial charge in [-0.05, 0) is 43.7 Å². The van der Waals surface area contributed by atoms with Crippen molar-refractivity contribution in [3.05, 3.63) is 52.0 Å². The SMILES string of the molecule is CCc1nc2nc(C3=CCCCCC3)[nH]n2c(=O)c1N1CCN(Cc2ccncc2O)CC1. The van der Waals surface area contributed by atoms with Gasteiger partial charge in [0.15, 0.2) is 5.82 Å². The van der Waals surface area contributed by atoms with Crippen molar-refractivity contribution in [1.29, 1.82) is 0 Å². The Morgan fingerprint density at radius 3 is 2.76 bits per heavy atom. The molecule has 3 aromatic heterocycles. The van der Waals surface area contributed by atoms with E-state index < -0.39 is 0 Å². The Balaban J connectivity index is 1.39. The highest BCUT2D eigenvalue weighted by Crippen LogP contribution is 2.25. The fraction of sp³-hybridized carbons (Fsp3) is 0.500. The second-order valence-electron chi connectivity index (χ2n) is 8.87. The van der Waals surface area contributed by atoms with Crippen molar-refractivity contribution in [3.63, 3.8) is 0 Å². The van der Waals surface area contributed by atoms with Crippen LogP contribution in [0.2, 0.25) is 0 Å². The number of pyridine rings is 1. The van der Waals surface area contributed by atoms with Crippen LogP contribution in [0.4, 0.5) is 5.69 Å². The van der Waals surface area contributed by atoms with E-state index in [0.717, 1.165) is 62.5 Å². The molecule has 9 heteroatoms. The number of aryl methyl sites for hydroxylation is 1. The number of nitrogens with one attached hydrogen (secondary N) is 1. The van der Waals surface area contributed by atoms with Crippen molar-refractivity contribution in [2.75, 3.05) is 31.1 Å². The fourth-order valence-corrected chi connectivity index (χ4v) is 4.81. The van der Waals surface area contributed by atoms with E-state index in [-0.39, 0.29) is 11.3 Å². The molecule has 174 valence electrons. The number of piperazine rings is 1. The highest BCUT2D eigenvalue weighted by molar-refractivity contribution is 5.62. The number of allylic oxidation sites excluding steroid dienone is 2. The van der Waals surface area contributed by atoms with Gasteiger partial charge in [0.2, 0.25) is 0 Å². The van der Waals surface area contributed by atoms with Gasteiger partial charge in [0, 0.05) is 44.5 Å². The van der Waals surface area contributed by atoms with Crippen LogP contribution in [0.15, 0.2) is 29.3 Å². The molecular weight excluding hydrogens is 418 g/mol. The lowest BCUT2D eigenvalue weighted by atomic mass is 10.1. The molecule has 9 nitrogen and oxygen atoms in total. The Kier molecular flexibility index (Phi) is 6.13. The third-order valence-corrected chi connectivity index (χ3v) is 6.69. The topological polar surface area (TPSA) is 103 Å². The average molecular weight is 450 g/mol. The van der Waals surface area contributed by atoms with E-state index in [0.29, 0.717) is 24.4 Å². The van der Waals surface area contributed by atoms with Gasteiger partial charge in [0.05, 0.1) is 11.9 Å². The predicted octanol–water partition coefficient (Wildman–Crippen LogP) is 2.75. The maximum atomic E-state index is 13.5. The molecule has 4 heterocycles. The second kappa shape index (κ2) is 9.35. The van der Waals surface area contributed by atoms with Crippen molar-refractivity contribution in [2.24, 2.45) is 0 Å². The summed E-state index contributed by atoms with van der Waals surface area (Å²) in [6, 6.07) is 1.85. The molecule has 1 aliphatic carbocycles. The van der Waals surface area contributed by atoms with E-state index in [1.807, 2.05) is 13.0 Å². The molecule has 0 bridgehead atoms. The zero-order valence-electron chi connectivity index (χ0n) is 19.1. The maximum absolute atomic E-state index is 13.5. The van der Waals surface area contributed by atoms with Crippen LogP contribution in [-0.4, -0.2) is 60.8 Å². The normalized spacial score (nSPS) is 17.8. The van der Waals surface area contributed by atoms with Crippen LogP contribution < -0.4 is 10.5 Å². The number of aromatic amines is 1. The zero-order valence-corrected chi connectivity index (χ0v) is 19.1. The van der Waals surface area contributed by atoms with Gasteiger partial charge in [-0.1, -0.05) is 19.4 Å². The van der Waals surface area contributed by atoms with Gasteiger partial charge in [0.1, 0.15) is 11.4 Å². The number of rotatable bonds is 5. The second-order valence-corrected chi connectivity index (χ2v) is 8.87. The lowest BCUT2D eigenvalue weighted by Gasteiger charge is -2.36. The van der Waals surface area contributed by atoms with Crippen LogP contribution in [-0.2, 0) is 13.0 Å². The highest BCUT2D eigenvalue weighted by Gasteiger charge is 2.25. The van der Waals surface area contributed by atoms with E-state index in [9.17, 15) is 9.90 Å². The average Bonchev–Trinajstić information content (AvgIpc) is 3.07. The summed E-state index contributed by atoms with van der Waals surface area (Å²) >= 11 is 0. The molecule has 0 unspecified atom stereocenters. The van der Waals surface area contributed by atoms with Crippen molar-refractivity contribution >= 4 is 17.0 Å². The Hall–Kier alpha value is -3.20. The Bertz CT molecular complexity index is 1220. The van der Waals surface area contributed by atoms with Crippen LogP contribution in [0.3, 0.4) is 0 Å². The van der Waals surface area contributed by atoms with Gasteiger partial charge >= 0.3 is 0 Å². The molecule has 0 spiro atoms. The van der Waals surface area contributed by atoms with Crippen molar-refractivity contribution in [2.45, 2.75) is 52.0 Å². The number of fused-ring (bicyclic) bond motifs is 1. The van der Waals surface area contributed by atoms with Crippen molar-refractivity contribution in [3.8, 4) is 5.75 Å². The van der Waals surface area contributed by atoms with Crippen molar-refractivity contribution < 1.29 is 5.11 Å². The largest absolute Gasteiger partial charge is 0.506 e. The smallest absolute Gasteiger partial charge is 0.297 e. The summed E-state index contributed by atoms with van der Waals surface area (Å²) in [6.45, 7) is 5.76. The number of aromatic hydroxyl groups is 1. The van der Waals surface area contributed by atoms with Gasteiger partial charge < -0.3 is 10.0 Å². The summed E-state index contributed by atoms with van der Waals surface area (Å²) < 4.78 is 1.51. The van der Waals surface area contributed by atoms with Gasteiger partial charge in [-0.15, -0.1) is 0 Å². The first kappa shape index (κ1) is 21.6. The number of H-pyrrole nitrogens is 1. The summed E-state index contributed by atoms with van der Waals surface area (Å²) in [7, 11) is 0. The fourth-order valence-electron chi connectivity index (χ4n) is 4.81. The third-order valence-electron chi connectivity index (χ3n) is 6.69. The molecule has 0 radical (unpaired) electrons. The Labute approximate surface area is 192 Å². The predicted molar refractivity (Wildman–Crippen MR) is 127 cm³/mol. The first-order valence-electron chi connectivity index (χ1n) is 11.9. The monoisotopic (exact) mass is 449 g/mol. The minimum Gasteiger partial charge on any atom is -0.506 e. The van der Waals surface area contributed by atoms with Crippen molar-refractivity contribution in [1.82, 2.24) is 29.5 Å². The molecule has 1 fully saturated rings. The number of nitrogens with zero attached hydrogens (tertiary/aromatic N) is 6. The van der Waals surface area contributed by atoms with E-state index in [2.05, 4.69) is 30.9 Å². The minimum absolute atomic E-state index is 0.0787. The maximum Gasteiger partial charge on any atom is 0.297 e. The lowest BCUT2D eigenvalue weighted by Crippen LogP contribution is -2.48. The highest BCUT2D eigenvalue weighted by atomic mass is 16.3. The summed E-state index contributed by atoms with van der Waals surface area (Å²) in [5.74, 6) is 1.44. The number of aromatic nitrogens is 5. The van der Waals surface area contributed by atoms with Gasteiger partial charge in [-0.25, -0.2) is 4.98 Å². The summed E-state index contributed by atoms with van der Waals surface area (Å²) in [5.41, 5.74) is 3.45. The molecule has 0 aromatic carbocycles. The first-order valence-corrected chi connectivity index (χ1v) is 11.9. The molecule has 2 N–H and O–H groups in total. The molecule has 33 heavy (non-hydrogen) atoms. The molecule has 0 amide bonds. The van der Waals surface area contributed by atoms with Crippen LogP contribution in [0.5, 0.6) is 5.75 Å². The van der Waals surface area contributed by atoms with Crippen LogP contribution in [0.1, 0.15) is 56.1 Å². The molecule has 0 atom stereocenters. The van der Waals surface area contributed by atoms with Crippen LogP contribution in [0.25, 0.3) is 11.4 Å². The van der Waals surface area contributed by atoms with Gasteiger partial charge in [0.25, 0.3) is 11.3 Å². The summed E-state index contributed by atoms with van der Waals surface area (Å²) in [4.78, 5) is 31.3. The molecule has 1 aliphatic heterocycles. The standard InChI is InChI=1S/C24H31N7O2/c1-2-19-21(30-13-11-29(12-14-30)16-18-9-10-25-15-20(18)32)23(33)31-24(26-19)27-22(28-31)17-7-5-3-4-6-8-17/h7,9-10,15,32H,2-6,8,11-14,16H2,1H3,(H,26,27,28). The van der Waals surface area contributed by atoms with Gasteiger partial charge in [-0.3, -0.25) is 19.8 Å². The number of hydrogen-bond donors (Lipinski definition) is 2. The summed E-state index contributed by atoms with van der Waals surface area (Å²) in [5, 5.41) is 13.3. The molecule has 0 saturated carbocycles. The Morgan fingerprint density at radius 1 is 1.12 bits per heavy atom. The molecule has 3 aromatic rings. The molecular formula is C24H31N7O2. The quantitative estimate of drug-likeness (QED) is 0.617. The van der Waals surface area contributed by atoms with Crippen LogP contribution in [0, 0.1) is 0 Å². The molecule has 5 rings (SSSR count). The van der Waals surface area contributed by atoms with E-state index in [1.165, 1.54) is 29.1 Å². The Morgan fingerprint density at radius 2 is 1.97 bits per heavy atom. The van der Waals surface area contributed by atoms with Crippen LogP contribution >= 0.6 is 0 Å². The van der Waals surface area contributed by atoms with E-state index >= 15 is 0 Å². The van der Waals surface area contributed by atoms with E-state index in [1.54, 1.807) is 6.20 Å². The van der Waals surface area contributed by atoms with E-state index in [4.69, 9.17) is 4.98 Å². The summed E-state index contributed by atoms with van der Waals surface area (Å²) in [6.07, 6.45) is 11.7. The minimum atomic E-state index is -0.0787. The van der Waals surface area contributed by atoms with Gasteiger partial charge in [-0.2, -0.15) is 9.50 Å². The lowest BCUT2D eigenvalue weighted by molar-refractivity contribution is 0.246. The third kappa shape index (κ3) is 4.37. The molecule has 1 saturated heterocycles. The first-order chi connectivity index (χ1) is 16.1. The zero-order chi connectivity index (χ0) is 22.8. The number of hydrogen-bond acceptors (Lipinski definition) is 7. The molecule has 2 aliphatic rings. The number of anilines is 1.